The Balaban J connectivity index is 2.06. The summed E-state index contributed by atoms with van der Waals surface area (Å²) in [5.74, 6) is -0.429. The second-order valence-corrected chi connectivity index (χ2v) is 5.21. The third kappa shape index (κ3) is 1.86. The zero-order chi connectivity index (χ0) is 14.1. The maximum Gasteiger partial charge on any atom is 0.135 e. The van der Waals surface area contributed by atoms with E-state index in [0.717, 1.165) is 5.69 Å². The summed E-state index contributed by atoms with van der Waals surface area (Å²) in [4.78, 5) is 6.34. The van der Waals surface area contributed by atoms with E-state index < -0.39 is 12.0 Å². The first kappa shape index (κ1) is 12.7. The van der Waals surface area contributed by atoms with Gasteiger partial charge in [0.15, 0.2) is 0 Å². The third-order valence-electron chi connectivity index (χ3n) is 3.74. The number of benzene rings is 1. The van der Waals surface area contributed by atoms with Crippen LogP contribution in [0.1, 0.15) is 0 Å². The molecule has 1 fully saturated rings. The average molecular weight is 283 g/mol. The molecule has 4 nitrogen and oxygen atoms in total. The van der Waals surface area contributed by atoms with Crippen LogP contribution >= 0.6 is 11.6 Å². The van der Waals surface area contributed by atoms with Gasteiger partial charge in [-0.05, 0) is 30.3 Å². The van der Waals surface area contributed by atoms with Crippen molar-refractivity contribution in [2.45, 2.75) is 18.1 Å². The summed E-state index contributed by atoms with van der Waals surface area (Å²) in [7, 11) is 0. The number of hydrogen-bond acceptors (Lipinski definition) is 4. The fourth-order valence-corrected chi connectivity index (χ4v) is 2.98. The SMILES string of the molecule is N#C[C@H]1[C@H]2N=CC=C[C@H]2N(c2ccc(Cl)cc2)[C@@H]1C#N. The largest absolute Gasteiger partial charge is 0.346 e. The van der Waals surface area contributed by atoms with Crippen LogP contribution in [0.3, 0.4) is 0 Å². The molecule has 0 radical (unpaired) electrons. The topological polar surface area (TPSA) is 63.2 Å². The summed E-state index contributed by atoms with van der Waals surface area (Å²) in [6.45, 7) is 0. The Morgan fingerprint density at radius 1 is 1.15 bits per heavy atom. The molecule has 0 saturated carbocycles. The van der Waals surface area contributed by atoms with Gasteiger partial charge in [0.2, 0.25) is 0 Å². The molecule has 3 rings (SSSR count). The lowest BCUT2D eigenvalue weighted by Crippen LogP contribution is -2.37. The molecule has 0 spiro atoms. The maximum absolute atomic E-state index is 9.46. The molecule has 0 amide bonds. The van der Waals surface area contributed by atoms with Gasteiger partial charge in [-0.25, -0.2) is 0 Å². The van der Waals surface area contributed by atoms with Crippen molar-refractivity contribution in [1.29, 1.82) is 10.5 Å². The Kier molecular flexibility index (Phi) is 3.18. The number of anilines is 1. The predicted molar refractivity (Wildman–Crippen MR) is 77.6 cm³/mol. The van der Waals surface area contributed by atoms with Crippen LogP contribution in [0, 0.1) is 28.6 Å². The van der Waals surface area contributed by atoms with Crippen molar-refractivity contribution < 1.29 is 0 Å². The molecular weight excluding hydrogens is 272 g/mol. The van der Waals surface area contributed by atoms with Crippen LogP contribution in [0.2, 0.25) is 5.02 Å². The first-order chi connectivity index (χ1) is 9.76. The van der Waals surface area contributed by atoms with Gasteiger partial charge in [0.1, 0.15) is 12.0 Å². The van der Waals surface area contributed by atoms with Gasteiger partial charge < -0.3 is 4.90 Å². The number of nitrogens with zero attached hydrogens (tertiary/aromatic N) is 4. The lowest BCUT2D eigenvalue weighted by molar-refractivity contribution is 0.573. The first-order valence-corrected chi connectivity index (χ1v) is 6.67. The van der Waals surface area contributed by atoms with Gasteiger partial charge in [0.05, 0.1) is 24.2 Å². The minimum absolute atomic E-state index is 0.0597. The molecular formula is C15H11ClN4. The van der Waals surface area contributed by atoms with Gasteiger partial charge in [-0.2, -0.15) is 10.5 Å². The van der Waals surface area contributed by atoms with Crippen LogP contribution in [0.5, 0.6) is 0 Å². The van der Waals surface area contributed by atoms with Gasteiger partial charge >= 0.3 is 0 Å². The Labute approximate surface area is 122 Å². The van der Waals surface area contributed by atoms with Crippen molar-refractivity contribution >= 4 is 23.5 Å². The molecule has 0 N–H and O–H groups in total. The molecule has 2 aliphatic rings. The lowest BCUT2D eigenvalue weighted by Gasteiger charge is -2.29. The highest BCUT2D eigenvalue weighted by Gasteiger charge is 2.49. The predicted octanol–water partition coefficient (Wildman–Crippen LogP) is 2.57. The summed E-state index contributed by atoms with van der Waals surface area (Å²) >= 11 is 5.91. The third-order valence-corrected chi connectivity index (χ3v) is 3.99. The van der Waals surface area contributed by atoms with Gasteiger partial charge in [0, 0.05) is 16.9 Å². The van der Waals surface area contributed by atoms with Crippen LogP contribution < -0.4 is 4.90 Å². The van der Waals surface area contributed by atoms with E-state index in [1.807, 2.05) is 29.2 Å². The van der Waals surface area contributed by atoms with E-state index in [2.05, 4.69) is 17.1 Å². The fourth-order valence-electron chi connectivity index (χ4n) is 2.86. The number of hydrogen-bond donors (Lipinski definition) is 0. The Morgan fingerprint density at radius 3 is 2.55 bits per heavy atom. The molecule has 20 heavy (non-hydrogen) atoms. The van der Waals surface area contributed by atoms with Crippen molar-refractivity contribution in [3.63, 3.8) is 0 Å². The number of rotatable bonds is 1. The highest BCUT2D eigenvalue weighted by atomic mass is 35.5. The van der Waals surface area contributed by atoms with E-state index >= 15 is 0 Å². The second-order valence-electron chi connectivity index (χ2n) is 4.78. The van der Waals surface area contributed by atoms with E-state index in [1.165, 1.54) is 0 Å². The molecule has 4 atom stereocenters. The van der Waals surface area contributed by atoms with Crippen molar-refractivity contribution in [3.8, 4) is 12.1 Å². The summed E-state index contributed by atoms with van der Waals surface area (Å²) < 4.78 is 0. The molecule has 0 aliphatic carbocycles. The zero-order valence-electron chi connectivity index (χ0n) is 10.5. The summed E-state index contributed by atoms with van der Waals surface area (Å²) in [6.07, 6.45) is 5.55. The highest BCUT2D eigenvalue weighted by Crippen LogP contribution is 2.38. The van der Waals surface area contributed by atoms with E-state index in [4.69, 9.17) is 11.6 Å². The molecule has 0 aromatic heterocycles. The van der Waals surface area contributed by atoms with Crippen molar-refractivity contribution in [2.24, 2.45) is 10.9 Å². The molecule has 0 bridgehead atoms. The van der Waals surface area contributed by atoms with E-state index in [0.29, 0.717) is 5.02 Å². The fraction of sp³-hybridized carbons (Fsp3) is 0.267. The Hall–Kier alpha value is -2.30. The van der Waals surface area contributed by atoms with E-state index in [-0.39, 0.29) is 12.1 Å². The Bertz CT molecular complexity index is 650. The molecule has 2 heterocycles. The normalized spacial score (nSPS) is 30.6. The van der Waals surface area contributed by atoms with Crippen LogP contribution in [0.15, 0.2) is 41.4 Å². The first-order valence-electron chi connectivity index (χ1n) is 6.29. The van der Waals surface area contributed by atoms with Crippen LogP contribution in [0.4, 0.5) is 5.69 Å². The van der Waals surface area contributed by atoms with E-state index in [1.54, 1.807) is 18.3 Å². The smallest absolute Gasteiger partial charge is 0.135 e. The minimum atomic E-state index is -0.504. The standard InChI is InChI=1S/C15H11ClN4/c16-10-3-5-11(6-4-10)20-13-2-1-7-19-15(13)12(8-17)14(20)9-18/h1-7,12-15H/t12-,13-,14-,15-/m1/s1. The number of allylic oxidation sites excluding steroid dienone is 1. The Morgan fingerprint density at radius 2 is 1.90 bits per heavy atom. The van der Waals surface area contributed by atoms with Crippen molar-refractivity contribution in [3.05, 3.63) is 41.4 Å². The van der Waals surface area contributed by atoms with Crippen LogP contribution in [0.25, 0.3) is 0 Å². The average Bonchev–Trinajstić information content (AvgIpc) is 2.81. The minimum Gasteiger partial charge on any atom is -0.346 e. The molecule has 5 heteroatoms. The second kappa shape index (κ2) is 5.00. The summed E-state index contributed by atoms with van der Waals surface area (Å²) in [6, 6.07) is 11.0. The van der Waals surface area contributed by atoms with Gasteiger partial charge in [-0.3, -0.25) is 4.99 Å². The van der Waals surface area contributed by atoms with Gasteiger partial charge in [-0.15, -0.1) is 0 Å². The monoisotopic (exact) mass is 282 g/mol. The maximum atomic E-state index is 9.46. The molecule has 2 aliphatic heterocycles. The van der Waals surface area contributed by atoms with Crippen LogP contribution in [-0.2, 0) is 0 Å². The number of aliphatic imine (C=N–C) groups is 1. The number of halogens is 1. The summed E-state index contributed by atoms with van der Waals surface area (Å²) in [5.41, 5.74) is 0.885. The van der Waals surface area contributed by atoms with Crippen molar-refractivity contribution in [2.75, 3.05) is 4.90 Å². The molecule has 1 aromatic carbocycles. The molecule has 1 aromatic rings. The highest BCUT2D eigenvalue weighted by molar-refractivity contribution is 6.30. The summed E-state index contributed by atoms with van der Waals surface area (Å²) in [5, 5.41) is 19.5. The van der Waals surface area contributed by atoms with Crippen molar-refractivity contribution in [1.82, 2.24) is 0 Å². The molecule has 0 unspecified atom stereocenters. The van der Waals surface area contributed by atoms with Crippen LogP contribution in [-0.4, -0.2) is 24.3 Å². The number of dihydropyridines is 1. The number of fused-ring (bicyclic) bond motifs is 1. The lowest BCUT2D eigenvalue weighted by atomic mass is 9.95. The zero-order valence-corrected chi connectivity index (χ0v) is 11.3. The van der Waals surface area contributed by atoms with E-state index in [9.17, 15) is 10.5 Å². The molecule has 1 saturated heterocycles. The van der Waals surface area contributed by atoms with Gasteiger partial charge in [-0.1, -0.05) is 17.7 Å². The molecule has 98 valence electrons. The quantitative estimate of drug-likeness (QED) is 0.795. The van der Waals surface area contributed by atoms with Gasteiger partial charge in [0.25, 0.3) is 0 Å². The number of nitriles is 2.